The van der Waals surface area contributed by atoms with Crippen LogP contribution in [0.25, 0.3) is 10.2 Å². The molecule has 26 heavy (non-hydrogen) atoms. The number of thiazole rings is 1. The molecule has 0 amide bonds. The van der Waals surface area contributed by atoms with E-state index in [4.69, 9.17) is 4.74 Å². The van der Waals surface area contributed by atoms with E-state index < -0.39 is 10.0 Å². The van der Waals surface area contributed by atoms with E-state index in [1.54, 1.807) is 41.7 Å². The second kappa shape index (κ2) is 7.15. The molecule has 0 unspecified atom stereocenters. The molecular formula is C17H16BrN3O3S2. The van der Waals surface area contributed by atoms with Crippen molar-refractivity contribution >= 4 is 58.3 Å². The van der Waals surface area contributed by atoms with Gasteiger partial charge in [0.15, 0.2) is 5.13 Å². The van der Waals surface area contributed by atoms with Crippen molar-refractivity contribution in [3.8, 4) is 0 Å². The van der Waals surface area contributed by atoms with Crippen LogP contribution in [0.3, 0.4) is 0 Å². The highest BCUT2D eigenvalue weighted by atomic mass is 79.9. The quantitative estimate of drug-likeness (QED) is 0.651. The third-order valence-electron chi connectivity index (χ3n) is 4.03. The van der Waals surface area contributed by atoms with Crippen molar-refractivity contribution in [3.63, 3.8) is 0 Å². The van der Waals surface area contributed by atoms with Crippen molar-refractivity contribution in [2.75, 3.05) is 35.9 Å². The summed E-state index contributed by atoms with van der Waals surface area (Å²) in [7, 11) is -3.63. The van der Waals surface area contributed by atoms with Crippen molar-refractivity contribution in [2.24, 2.45) is 0 Å². The molecule has 0 atom stereocenters. The number of rotatable bonds is 4. The molecule has 4 rings (SSSR count). The fourth-order valence-electron chi connectivity index (χ4n) is 2.69. The van der Waals surface area contributed by atoms with E-state index >= 15 is 0 Å². The SMILES string of the molecule is O=S(=O)(Nc1ccc2nc(N3CCOCC3)sc2c1)c1ccc(Br)cc1. The van der Waals surface area contributed by atoms with Gasteiger partial charge < -0.3 is 9.64 Å². The summed E-state index contributed by atoms with van der Waals surface area (Å²) in [6.45, 7) is 3.05. The lowest BCUT2D eigenvalue weighted by molar-refractivity contribution is 0.122. The van der Waals surface area contributed by atoms with E-state index in [0.29, 0.717) is 18.9 Å². The minimum absolute atomic E-state index is 0.221. The first-order chi connectivity index (χ1) is 12.5. The standard InChI is InChI=1S/C17H16BrN3O3S2/c18-12-1-4-14(5-2-12)26(22,23)20-13-3-6-15-16(11-13)25-17(19-15)21-7-9-24-10-8-21/h1-6,11,20H,7-10H2. The highest BCUT2D eigenvalue weighted by molar-refractivity contribution is 9.10. The summed E-state index contributed by atoms with van der Waals surface area (Å²) in [4.78, 5) is 7.06. The average molecular weight is 454 g/mol. The Bertz CT molecular complexity index is 1030. The Morgan fingerprint density at radius 3 is 2.58 bits per heavy atom. The average Bonchev–Trinajstić information content (AvgIpc) is 3.06. The number of hydrogen-bond acceptors (Lipinski definition) is 6. The maximum Gasteiger partial charge on any atom is 0.261 e. The molecule has 0 aliphatic carbocycles. The number of ether oxygens (including phenoxy) is 1. The molecule has 2 aromatic carbocycles. The van der Waals surface area contributed by atoms with Crippen molar-refractivity contribution in [3.05, 3.63) is 46.9 Å². The van der Waals surface area contributed by atoms with Gasteiger partial charge in [0.1, 0.15) is 0 Å². The molecule has 6 nitrogen and oxygen atoms in total. The molecule has 1 aromatic heterocycles. The summed E-state index contributed by atoms with van der Waals surface area (Å²) in [6.07, 6.45) is 0. The lowest BCUT2D eigenvalue weighted by atomic mass is 10.3. The number of halogens is 1. The van der Waals surface area contributed by atoms with Gasteiger partial charge in [0.2, 0.25) is 0 Å². The van der Waals surface area contributed by atoms with E-state index in [-0.39, 0.29) is 4.90 Å². The van der Waals surface area contributed by atoms with Gasteiger partial charge in [-0.15, -0.1) is 0 Å². The molecule has 0 spiro atoms. The molecule has 2 heterocycles. The molecule has 9 heteroatoms. The van der Waals surface area contributed by atoms with Crippen LogP contribution in [0, 0.1) is 0 Å². The first kappa shape index (κ1) is 17.7. The maximum atomic E-state index is 12.5. The Balaban J connectivity index is 1.59. The fourth-order valence-corrected chi connectivity index (χ4v) is 5.06. The first-order valence-corrected chi connectivity index (χ1v) is 11.1. The molecule has 136 valence electrons. The fraction of sp³-hybridized carbons (Fsp3) is 0.235. The number of fused-ring (bicyclic) bond motifs is 1. The van der Waals surface area contributed by atoms with Crippen LogP contribution in [-0.4, -0.2) is 39.7 Å². The lowest BCUT2D eigenvalue weighted by Gasteiger charge is -2.25. The van der Waals surface area contributed by atoms with Crippen molar-refractivity contribution in [1.82, 2.24) is 4.98 Å². The zero-order valence-corrected chi connectivity index (χ0v) is 16.9. The molecular weight excluding hydrogens is 438 g/mol. The Hall–Kier alpha value is -1.68. The van der Waals surface area contributed by atoms with Crippen molar-refractivity contribution < 1.29 is 13.2 Å². The van der Waals surface area contributed by atoms with Gasteiger partial charge >= 0.3 is 0 Å². The second-order valence-corrected chi connectivity index (χ2v) is 9.44. The van der Waals surface area contributed by atoms with Crippen LogP contribution in [0.5, 0.6) is 0 Å². The second-order valence-electron chi connectivity index (χ2n) is 5.84. The van der Waals surface area contributed by atoms with E-state index in [2.05, 4.69) is 30.5 Å². The number of aromatic nitrogens is 1. The lowest BCUT2D eigenvalue weighted by Crippen LogP contribution is -2.36. The zero-order valence-electron chi connectivity index (χ0n) is 13.7. The van der Waals surface area contributed by atoms with E-state index in [1.165, 1.54) is 0 Å². The molecule has 0 bridgehead atoms. The monoisotopic (exact) mass is 453 g/mol. The summed E-state index contributed by atoms with van der Waals surface area (Å²) < 4.78 is 34.9. The number of morpholine rings is 1. The van der Waals surface area contributed by atoms with Crippen LogP contribution in [-0.2, 0) is 14.8 Å². The van der Waals surface area contributed by atoms with E-state index in [0.717, 1.165) is 32.9 Å². The molecule has 3 aromatic rings. The van der Waals surface area contributed by atoms with E-state index in [9.17, 15) is 8.42 Å². The maximum absolute atomic E-state index is 12.5. The predicted molar refractivity (Wildman–Crippen MR) is 108 cm³/mol. The molecule has 1 saturated heterocycles. The van der Waals surface area contributed by atoms with Crippen molar-refractivity contribution in [2.45, 2.75) is 4.90 Å². The zero-order chi connectivity index (χ0) is 18.1. The highest BCUT2D eigenvalue weighted by Gasteiger charge is 2.17. The van der Waals surface area contributed by atoms with Gasteiger partial charge in [0, 0.05) is 17.6 Å². The van der Waals surface area contributed by atoms with Crippen LogP contribution in [0.2, 0.25) is 0 Å². The Morgan fingerprint density at radius 1 is 1.12 bits per heavy atom. The largest absolute Gasteiger partial charge is 0.378 e. The van der Waals surface area contributed by atoms with Gasteiger partial charge in [-0.3, -0.25) is 4.72 Å². The highest BCUT2D eigenvalue weighted by Crippen LogP contribution is 2.31. The molecule has 1 fully saturated rings. The molecule has 0 saturated carbocycles. The van der Waals surface area contributed by atoms with Crippen LogP contribution < -0.4 is 9.62 Å². The Morgan fingerprint density at radius 2 is 1.85 bits per heavy atom. The van der Waals surface area contributed by atoms with Crippen LogP contribution in [0.15, 0.2) is 51.8 Å². The number of benzene rings is 2. The third-order valence-corrected chi connectivity index (χ3v) is 7.04. The Labute approximate surface area is 164 Å². The summed E-state index contributed by atoms with van der Waals surface area (Å²) in [5.41, 5.74) is 1.39. The predicted octanol–water partition coefficient (Wildman–Crippen LogP) is 3.70. The van der Waals surface area contributed by atoms with Gasteiger partial charge in [-0.1, -0.05) is 27.3 Å². The van der Waals surface area contributed by atoms with Gasteiger partial charge in [0.25, 0.3) is 10.0 Å². The number of hydrogen-bond donors (Lipinski definition) is 1. The summed E-state index contributed by atoms with van der Waals surface area (Å²) in [6, 6.07) is 11.9. The molecule has 0 radical (unpaired) electrons. The van der Waals surface area contributed by atoms with E-state index in [1.807, 2.05) is 12.1 Å². The van der Waals surface area contributed by atoms with Crippen LogP contribution >= 0.6 is 27.3 Å². The number of sulfonamides is 1. The summed E-state index contributed by atoms with van der Waals surface area (Å²) in [5, 5.41) is 0.941. The Kier molecular flexibility index (Phi) is 4.87. The third kappa shape index (κ3) is 3.71. The number of anilines is 2. The summed E-state index contributed by atoms with van der Waals surface area (Å²) in [5.74, 6) is 0. The van der Waals surface area contributed by atoms with Crippen molar-refractivity contribution in [1.29, 1.82) is 0 Å². The number of nitrogens with zero attached hydrogens (tertiary/aromatic N) is 2. The smallest absolute Gasteiger partial charge is 0.261 e. The van der Waals surface area contributed by atoms with Gasteiger partial charge in [-0.25, -0.2) is 13.4 Å². The first-order valence-electron chi connectivity index (χ1n) is 8.03. The van der Waals surface area contributed by atoms with Crippen LogP contribution in [0.1, 0.15) is 0 Å². The van der Waals surface area contributed by atoms with Gasteiger partial charge in [0.05, 0.1) is 34.0 Å². The number of nitrogens with one attached hydrogen (secondary N) is 1. The van der Waals surface area contributed by atoms with Crippen LogP contribution in [0.4, 0.5) is 10.8 Å². The molecule has 1 N–H and O–H groups in total. The molecule has 1 aliphatic heterocycles. The molecule has 1 aliphatic rings. The minimum atomic E-state index is -3.63. The van der Waals surface area contributed by atoms with Gasteiger partial charge in [-0.05, 0) is 42.5 Å². The topological polar surface area (TPSA) is 71.5 Å². The minimum Gasteiger partial charge on any atom is -0.378 e. The summed E-state index contributed by atoms with van der Waals surface area (Å²) >= 11 is 4.87. The van der Waals surface area contributed by atoms with Gasteiger partial charge in [-0.2, -0.15) is 0 Å². The normalized spacial score (nSPS) is 15.3.